The van der Waals surface area contributed by atoms with E-state index >= 15 is 0 Å². The normalized spacial score (nSPS) is 14.4. The van der Waals surface area contributed by atoms with Gasteiger partial charge in [-0.1, -0.05) is 59.5 Å². The third-order valence-corrected chi connectivity index (χ3v) is 9.38. The molecule has 1 aliphatic carbocycles. The van der Waals surface area contributed by atoms with Crippen molar-refractivity contribution < 1.29 is 22.8 Å². The quantitative estimate of drug-likeness (QED) is 0.252. The van der Waals surface area contributed by atoms with E-state index in [9.17, 15) is 18.3 Å². The number of aliphatic hydroxyl groups excluding tert-OH is 1. The summed E-state index contributed by atoms with van der Waals surface area (Å²) in [7, 11) is -3.29. The lowest BCUT2D eigenvalue weighted by molar-refractivity contribution is -0.117. The van der Waals surface area contributed by atoms with Gasteiger partial charge in [0.1, 0.15) is 5.78 Å². The van der Waals surface area contributed by atoms with Crippen molar-refractivity contribution in [2.24, 2.45) is 0 Å². The molecule has 5 rings (SSSR count). The zero-order valence-corrected chi connectivity index (χ0v) is 23.5. The minimum absolute atomic E-state index is 0.0250. The van der Waals surface area contributed by atoms with E-state index < -0.39 is 15.3 Å². The average molecular weight is 586 g/mol. The Balaban J connectivity index is 1.31. The molecule has 0 spiro atoms. The number of Topliss-reactive ketones (excluding diaryl/α,β-unsaturated/α-hetero) is 1. The second-order valence-corrected chi connectivity index (χ2v) is 12.8. The lowest BCUT2D eigenvalue weighted by Crippen LogP contribution is -2.13. The first-order valence-corrected chi connectivity index (χ1v) is 14.9. The highest BCUT2D eigenvalue weighted by Crippen LogP contribution is 2.56. The van der Waals surface area contributed by atoms with Gasteiger partial charge in [0.25, 0.3) is 5.89 Å². The SMILES string of the molecule is CCS(=O)(=O)c1ccc(CC(=O)Cc2cc(Cl)c(C3(c4noc(-c5ccc(CO)cc5)n4)CC3)c(Cl)c2)cc1. The van der Waals surface area contributed by atoms with Crippen LogP contribution in [-0.4, -0.2) is 35.2 Å². The predicted molar refractivity (Wildman–Crippen MR) is 149 cm³/mol. The molecule has 0 saturated heterocycles. The highest BCUT2D eigenvalue weighted by molar-refractivity contribution is 7.91. The standard InChI is InChI=1S/C29H26Cl2N2O5S/c1-2-39(36,37)23-9-5-18(6-10-23)13-22(35)14-20-15-24(30)26(25(31)16-20)29(11-12-29)28-32-27(38-33-28)21-7-3-19(17-34)4-8-21/h3-10,15-16,34H,2,11-14,17H2,1H3. The molecule has 0 amide bonds. The Hall–Kier alpha value is -3.04. The molecule has 3 aromatic carbocycles. The third kappa shape index (κ3) is 5.65. The van der Waals surface area contributed by atoms with Crippen molar-refractivity contribution in [1.29, 1.82) is 0 Å². The van der Waals surface area contributed by atoms with E-state index in [0.717, 1.165) is 35.1 Å². The van der Waals surface area contributed by atoms with E-state index in [1.165, 1.54) is 12.1 Å². The van der Waals surface area contributed by atoms with Gasteiger partial charge in [-0.15, -0.1) is 0 Å². The number of carbonyl (C=O) groups excluding carboxylic acids is 1. The predicted octanol–water partition coefficient (Wildman–Crippen LogP) is 5.76. The molecule has 1 aromatic heterocycles. The van der Waals surface area contributed by atoms with E-state index in [2.05, 4.69) is 10.1 Å². The number of hydrogen-bond acceptors (Lipinski definition) is 7. The lowest BCUT2D eigenvalue weighted by atomic mass is 9.92. The van der Waals surface area contributed by atoms with Crippen LogP contribution in [0.1, 0.15) is 47.8 Å². The Morgan fingerprint density at radius 3 is 2.10 bits per heavy atom. The first-order valence-electron chi connectivity index (χ1n) is 12.5. The Bertz CT molecular complexity index is 1600. The van der Waals surface area contributed by atoms with E-state index in [1.54, 1.807) is 43.3 Å². The molecule has 4 aromatic rings. The molecule has 0 aliphatic heterocycles. The second-order valence-electron chi connectivity index (χ2n) is 9.73. The fourth-order valence-corrected chi connectivity index (χ4v) is 6.46. The van der Waals surface area contributed by atoms with Gasteiger partial charge in [-0.05, 0) is 65.9 Å². The van der Waals surface area contributed by atoms with Crippen molar-refractivity contribution in [2.45, 2.75) is 49.5 Å². The molecule has 10 heteroatoms. The Morgan fingerprint density at radius 1 is 0.949 bits per heavy atom. The number of benzene rings is 3. The molecular formula is C29H26Cl2N2O5S. The van der Waals surface area contributed by atoms with Crippen LogP contribution >= 0.6 is 23.2 Å². The zero-order valence-electron chi connectivity index (χ0n) is 21.2. The number of rotatable bonds is 10. The second kappa shape index (κ2) is 10.8. The van der Waals surface area contributed by atoms with Crippen LogP contribution in [-0.2, 0) is 39.5 Å². The smallest absolute Gasteiger partial charge is 0.257 e. The van der Waals surface area contributed by atoms with Crippen LogP contribution in [0.3, 0.4) is 0 Å². The van der Waals surface area contributed by atoms with Crippen molar-refractivity contribution in [2.75, 3.05) is 5.75 Å². The van der Waals surface area contributed by atoms with Gasteiger partial charge in [0, 0.05) is 34.0 Å². The van der Waals surface area contributed by atoms with Gasteiger partial charge < -0.3 is 9.63 Å². The van der Waals surface area contributed by atoms with Crippen molar-refractivity contribution in [1.82, 2.24) is 10.1 Å². The van der Waals surface area contributed by atoms with E-state index in [4.69, 9.17) is 27.7 Å². The Morgan fingerprint density at radius 2 is 1.54 bits per heavy atom. The summed E-state index contributed by atoms with van der Waals surface area (Å²) < 4.78 is 29.5. The van der Waals surface area contributed by atoms with Crippen molar-refractivity contribution in [3.8, 4) is 11.5 Å². The summed E-state index contributed by atoms with van der Waals surface area (Å²) in [5, 5.41) is 14.4. The summed E-state index contributed by atoms with van der Waals surface area (Å²) in [4.78, 5) is 17.7. The third-order valence-electron chi connectivity index (χ3n) is 7.03. The van der Waals surface area contributed by atoms with E-state index in [0.29, 0.717) is 27.3 Å². The Kier molecular flexibility index (Phi) is 7.66. The van der Waals surface area contributed by atoms with E-state index in [-0.39, 0.29) is 35.9 Å². The molecule has 0 bridgehead atoms. The summed E-state index contributed by atoms with van der Waals surface area (Å²) >= 11 is 13.4. The first-order chi connectivity index (χ1) is 18.6. The molecular weight excluding hydrogens is 559 g/mol. The maximum absolute atomic E-state index is 12.8. The van der Waals surface area contributed by atoms with Gasteiger partial charge >= 0.3 is 0 Å². The van der Waals surface area contributed by atoms with Gasteiger partial charge in [0.05, 0.1) is 22.7 Å². The van der Waals surface area contributed by atoms with Crippen LogP contribution in [0, 0.1) is 0 Å². The number of carbonyl (C=O) groups is 1. The molecule has 1 heterocycles. The highest BCUT2D eigenvalue weighted by Gasteiger charge is 2.52. The Labute approximate surface area is 236 Å². The van der Waals surface area contributed by atoms with Crippen molar-refractivity contribution in [3.63, 3.8) is 0 Å². The molecule has 0 unspecified atom stereocenters. The topological polar surface area (TPSA) is 110 Å². The number of hydrogen-bond donors (Lipinski definition) is 1. The molecule has 1 aliphatic rings. The maximum Gasteiger partial charge on any atom is 0.257 e. The number of aliphatic hydroxyl groups is 1. The monoisotopic (exact) mass is 584 g/mol. The van der Waals surface area contributed by atoms with Gasteiger partial charge in [0.2, 0.25) is 0 Å². The summed E-state index contributed by atoms with van der Waals surface area (Å²) in [6, 6.07) is 17.1. The number of ketones is 1. The number of nitrogens with zero attached hydrogens (tertiary/aromatic N) is 2. The summed E-state index contributed by atoms with van der Waals surface area (Å²) in [6.07, 6.45) is 1.82. The maximum atomic E-state index is 12.8. The number of sulfone groups is 1. The van der Waals surface area contributed by atoms with Crippen LogP contribution in [0.2, 0.25) is 10.0 Å². The molecule has 0 radical (unpaired) electrons. The molecule has 202 valence electrons. The number of halogens is 2. The number of aromatic nitrogens is 2. The summed E-state index contributed by atoms with van der Waals surface area (Å²) in [6.45, 7) is 1.55. The molecule has 1 N–H and O–H groups in total. The van der Waals surface area contributed by atoms with Crippen LogP contribution in [0.4, 0.5) is 0 Å². The summed E-state index contributed by atoms with van der Waals surface area (Å²) in [5.74, 6) is 0.856. The van der Waals surface area contributed by atoms with E-state index in [1.807, 2.05) is 12.1 Å². The largest absolute Gasteiger partial charge is 0.392 e. The molecule has 0 atom stereocenters. The lowest BCUT2D eigenvalue weighted by Gasteiger charge is -2.17. The van der Waals surface area contributed by atoms with Crippen molar-refractivity contribution >= 4 is 38.8 Å². The first kappa shape index (κ1) is 27.5. The highest BCUT2D eigenvalue weighted by atomic mass is 35.5. The van der Waals surface area contributed by atoms with Gasteiger partial charge in [0.15, 0.2) is 15.7 Å². The van der Waals surface area contributed by atoms with Crippen LogP contribution in [0.25, 0.3) is 11.5 Å². The average Bonchev–Trinajstić information content (AvgIpc) is 3.54. The minimum Gasteiger partial charge on any atom is -0.392 e. The van der Waals surface area contributed by atoms with Crippen molar-refractivity contribution in [3.05, 3.63) is 98.8 Å². The zero-order chi connectivity index (χ0) is 27.8. The minimum atomic E-state index is -3.29. The van der Waals surface area contributed by atoms with Gasteiger partial charge in [-0.3, -0.25) is 4.79 Å². The van der Waals surface area contributed by atoms with Crippen LogP contribution < -0.4 is 0 Å². The fourth-order valence-electron chi connectivity index (χ4n) is 4.68. The van der Waals surface area contributed by atoms with Crippen LogP contribution in [0.5, 0.6) is 0 Å². The fraction of sp³-hybridized carbons (Fsp3) is 0.276. The summed E-state index contributed by atoms with van der Waals surface area (Å²) in [5.41, 5.74) is 3.13. The van der Waals surface area contributed by atoms with Gasteiger partial charge in [-0.25, -0.2) is 8.42 Å². The molecule has 1 saturated carbocycles. The van der Waals surface area contributed by atoms with Gasteiger partial charge in [-0.2, -0.15) is 4.98 Å². The molecule has 1 fully saturated rings. The molecule has 7 nitrogen and oxygen atoms in total. The van der Waals surface area contributed by atoms with Crippen LogP contribution in [0.15, 0.2) is 70.1 Å². The molecule has 39 heavy (non-hydrogen) atoms.